The van der Waals surface area contributed by atoms with Gasteiger partial charge in [0.05, 0.1) is 23.5 Å². The molecule has 0 atom stereocenters. The number of carbonyl (C=O) groups excluding carboxylic acids is 1. The monoisotopic (exact) mass is 534 g/mol. The van der Waals surface area contributed by atoms with Gasteiger partial charge in [0.25, 0.3) is 5.91 Å². The third-order valence-corrected chi connectivity index (χ3v) is 6.31. The van der Waals surface area contributed by atoms with Gasteiger partial charge in [-0.3, -0.25) is 10.2 Å². The van der Waals surface area contributed by atoms with Crippen molar-refractivity contribution in [2.45, 2.75) is 13.3 Å². The number of hydrogen-bond donors (Lipinski definition) is 2. The molecule has 0 aliphatic heterocycles. The summed E-state index contributed by atoms with van der Waals surface area (Å²) in [5.41, 5.74) is 6.66. The number of amides is 1. The quantitative estimate of drug-likeness (QED) is 0.171. The van der Waals surface area contributed by atoms with Crippen molar-refractivity contribution in [2.24, 2.45) is 5.10 Å². The van der Waals surface area contributed by atoms with Crippen LogP contribution in [0.2, 0.25) is 5.02 Å². The second-order valence-electron chi connectivity index (χ2n) is 7.90. The summed E-state index contributed by atoms with van der Waals surface area (Å²) in [4.78, 5) is 16.8. The lowest BCUT2D eigenvalue weighted by molar-refractivity contribution is -0.123. The highest BCUT2D eigenvalue weighted by molar-refractivity contribution is 7.14. The molecule has 0 unspecified atom stereocenters. The van der Waals surface area contributed by atoms with Gasteiger partial charge in [-0.15, -0.1) is 11.3 Å². The molecular formula is C28H27ClN4O3S. The second kappa shape index (κ2) is 13.4. The van der Waals surface area contributed by atoms with Crippen LogP contribution in [0.25, 0.3) is 11.3 Å². The lowest BCUT2D eigenvalue weighted by Crippen LogP contribution is -2.30. The lowest BCUT2D eigenvalue weighted by Gasteiger charge is -2.14. The van der Waals surface area contributed by atoms with E-state index in [9.17, 15) is 4.79 Å². The van der Waals surface area contributed by atoms with Gasteiger partial charge in [-0.1, -0.05) is 72.3 Å². The first-order chi connectivity index (χ1) is 18.1. The fraction of sp³-hybridized carbons (Fsp3) is 0.179. The highest BCUT2D eigenvalue weighted by Gasteiger charge is 2.12. The predicted octanol–water partition coefficient (Wildman–Crippen LogP) is 6.05. The van der Waals surface area contributed by atoms with E-state index >= 15 is 0 Å². The molecule has 0 saturated carbocycles. The van der Waals surface area contributed by atoms with E-state index in [0.717, 1.165) is 23.2 Å². The Labute approximate surface area is 225 Å². The first-order valence-corrected chi connectivity index (χ1v) is 13.1. The number of hydrazone groups is 1. The molecule has 0 aliphatic carbocycles. The highest BCUT2D eigenvalue weighted by Crippen LogP contribution is 2.33. The molecule has 2 N–H and O–H groups in total. The van der Waals surface area contributed by atoms with Crippen LogP contribution in [0.3, 0.4) is 0 Å². The number of hydrogen-bond acceptors (Lipinski definition) is 7. The molecule has 7 nitrogen and oxygen atoms in total. The molecule has 190 valence electrons. The summed E-state index contributed by atoms with van der Waals surface area (Å²) in [6, 6.07) is 23.3. The molecule has 0 fully saturated rings. The van der Waals surface area contributed by atoms with E-state index in [2.05, 4.69) is 20.8 Å². The summed E-state index contributed by atoms with van der Waals surface area (Å²) >= 11 is 7.93. The molecule has 1 amide bonds. The van der Waals surface area contributed by atoms with Crippen molar-refractivity contribution in [1.29, 1.82) is 0 Å². The Balaban J connectivity index is 1.33. The minimum Gasteiger partial charge on any atom is -0.490 e. The number of halogens is 1. The Morgan fingerprint density at radius 2 is 1.78 bits per heavy atom. The van der Waals surface area contributed by atoms with Gasteiger partial charge in [-0.2, -0.15) is 5.10 Å². The van der Waals surface area contributed by atoms with Gasteiger partial charge in [-0.25, -0.2) is 4.98 Å². The Morgan fingerprint density at radius 3 is 2.54 bits per heavy atom. The standard InChI is InChI=1S/C28H27ClN4O3S/c1-2-35-25-15-22(17-31-33-28-32-24(19-37-28)21-11-7-4-8-12-21)23(29)16-26(25)36-18-27(34)30-14-13-20-9-5-3-6-10-20/h3-12,15-17,19H,2,13-14,18H2,1H3,(H,30,34)(H,32,33). The summed E-state index contributed by atoms with van der Waals surface area (Å²) in [7, 11) is 0. The van der Waals surface area contributed by atoms with Gasteiger partial charge in [0.15, 0.2) is 18.1 Å². The van der Waals surface area contributed by atoms with E-state index in [0.29, 0.717) is 40.4 Å². The van der Waals surface area contributed by atoms with Crippen molar-refractivity contribution in [3.8, 4) is 22.8 Å². The molecule has 1 heterocycles. The fourth-order valence-corrected chi connectivity index (χ4v) is 4.31. The largest absolute Gasteiger partial charge is 0.490 e. The van der Waals surface area contributed by atoms with E-state index < -0.39 is 0 Å². The van der Waals surface area contributed by atoms with Crippen LogP contribution in [0.1, 0.15) is 18.1 Å². The fourth-order valence-electron chi connectivity index (χ4n) is 3.44. The summed E-state index contributed by atoms with van der Waals surface area (Å²) in [5.74, 6) is 0.649. The highest BCUT2D eigenvalue weighted by atomic mass is 35.5. The Bertz CT molecular complexity index is 1330. The van der Waals surface area contributed by atoms with Crippen molar-refractivity contribution in [3.05, 3.63) is 94.3 Å². The molecule has 0 saturated heterocycles. The van der Waals surface area contributed by atoms with Crippen LogP contribution in [0, 0.1) is 0 Å². The summed E-state index contributed by atoms with van der Waals surface area (Å²) in [5, 5.41) is 10.2. The van der Waals surface area contributed by atoms with Gasteiger partial charge in [-0.05, 0) is 25.0 Å². The average Bonchev–Trinajstić information content (AvgIpc) is 3.40. The number of aromatic nitrogens is 1. The maximum atomic E-state index is 12.3. The van der Waals surface area contributed by atoms with E-state index in [1.165, 1.54) is 11.3 Å². The number of carbonyl (C=O) groups is 1. The maximum absolute atomic E-state index is 12.3. The molecule has 9 heteroatoms. The van der Waals surface area contributed by atoms with Crippen LogP contribution in [0.15, 0.2) is 83.3 Å². The molecule has 4 aromatic rings. The van der Waals surface area contributed by atoms with Gasteiger partial charge in [0.1, 0.15) is 0 Å². The van der Waals surface area contributed by atoms with E-state index in [1.54, 1.807) is 18.3 Å². The van der Waals surface area contributed by atoms with Gasteiger partial charge < -0.3 is 14.8 Å². The Hall–Kier alpha value is -3.88. The van der Waals surface area contributed by atoms with Crippen LogP contribution >= 0.6 is 22.9 Å². The van der Waals surface area contributed by atoms with Crippen LogP contribution in [-0.2, 0) is 11.2 Å². The molecule has 0 spiro atoms. The molecule has 1 aromatic heterocycles. The number of thiazole rings is 1. The number of ether oxygens (including phenoxy) is 2. The van der Waals surface area contributed by atoms with Gasteiger partial charge in [0, 0.05) is 29.1 Å². The zero-order valence-corrected chi connectivity index (χ0v) is 21.9. The molecule has 4 rings (SSSR count). The van der Waals surface area contributed by atoms with Crippen LogP contribution in [0.4, 0.5) is 5.13 Å². The minimum atomic E-state index is -0.220. The Morgan fingerprint density at radius 1 is 1.05 bits per heavy atom. The second-order valence-corrected chi connectivity index (χ2v) is 9.17. The normalized spacial score (nSPS) is 10.9. The Kier molecular flexibility index (Phi) is 9.51. The topological polar surface area (TPSA) is 84.8 Å². The van der Waals surface area contributed by atoms with Crippen LogP contribution < -0.4 is 20.2 Å². The maximum Gasteiger partial charge on any atom is 0.257 e. The van der Waals surface area contributed by atoms with Crippen LogP contribution in [-0.4, -0.2) is 36.9 Å². The van der Waals surface area contributed by atoms with Crippen molar-refractivity contribution in [2.75, 3.05) is 25.2 Å². The molecule has 37 heavy (non-hydrogen) atoms. The first kappa shape index (κ1) is 26.2. The minimum absolute atomic E-state index is 0.145. The summed E-state index contributed by atoms with van der Waals surface area (Å²) in [6.45, 7) is 2.68. The average molecular weight is 535 g/mol. The van der Waals surface area contributed by atoms with Gasteiger partial charge in [0.2, 0.25) is 5.13 Å². The van der Waals surface area contributed by atoms with E-state index in [-0.39, 0.29) is 12.5 Å². The zero-order valence-electron chi connectivity index (χ0n) is 20.3. The van der Waals surface area contributed by atoms with E-state index in [4.69, 9.17) is 21.1 Å². The first-order valence-electron chi connectivity index (χ1n) is 11.8. The zero-order chi connectivity index (χ0) is 25.9. The number of rotatable bonds is 12. The van der Waals surface area contributed by atoms with Crippen LogP contribution in [0.5, 0.6) is 11.5 Å². The van der Waals surface area contributed by atoms with E-state index in [1.807, 2.05) is 73.0 Å². The summed E-state index contributed by atoms with van der Waals surface area (Å²) < 4.78 is 11.4. The molecule has 3 aromatic carbocycles. The lowest BCUT2D eigenvalue weighted by atomic mass is 10.1. The number of anilines is 1. The number of nitrogens with zero attached hydrogens (tertiary/aromatic N) is 2. The third kappa shape index (κ3) is 7.80. The van der Waals surface area contributed by atoms with Crippen molar-refractivity contribution < 1.29 is 14.3 Å². The smallest absolute Gasteiger partial charge is 0.257 e. The molecule has 0 radical (unpaired) electrons. The van der Waals surface area contributed by atoms with Crippen molar-refractivity contribution in [3.63, 3.8) is 0 Å². The van der Waals surface area contributed by atoms with Gasteiger partial charge >= 0.3 is 0 Å². The number of nitrogens with one attached hydrogen (secondary N) is 2. The SMILES string of the molecule is CCOc1cc(C=NNc2nc(-c3ccccc3)cs2)c(Cl)cc1OCC(=O)NCCc1ccccc1. The molecule has 0 bridgehead atoms. The predicted molar refractivity (Wildman–Crippen MR) is 150 cm³/mol. The van der Waals surface area contributed by atoms with Crippen molar-refractivity contribution in [1.82, 2.24) is 10.3 Å². The summed E-state index contributed by atoms with van der Waals surface area (Å²) in [6.07, 6.45) is 2.34. The number of benzene rings is 3. The molecule has 0 aliphatic rings. The molecular weight excluding hydrogens is 508 g/mol. The third-order valence-electron chi connectivity index (χ3n) is 5.24. The van der Waals surface area contributed by atoms with Crippen molar-refractivity contribution >= 4 is 40.2 Å².